The summed E-state index contributed by atoms with van der Waals surface area (Å²) >= 11 is 0. The van der Waals surface area contributed by atoms with Crippen LogP contribution >= 0.6 is 0 Å². The Kier molecular flexibility index (Phi) is 5.68. The summed E-state index contributed by atoms with van der Waals surface area (Å²) in [5.74, 6) is 2.22. The molecule has 2 N–H and O–H groups in total. The summed E-state index contributed by atoms with van der Waals surface area (Å²) in [5, 5.41) is 3.41. The number of carbonyl (C=O) groups excluding carboxylic acids is 1. The molecule has 11 heteroatoms. The number of H-pyrrole nitrogens is 1. The number of nitrogens with zero attached hydrogens (tertiary/aromatic N) is 4. The molecule has 198 valence electrons. The second kappa shape index (κ2) is 9.11. The molecule has 2 aliphatic heterocycles. The molecule has 4 fully saturated rings. The maximum absolute atomic E-state index is 13.7. The van der Waals surface area contributed by atoms with Crippen molar-refractivity contribution < 1.29 is 23.4 Å². The third-order valence-electron chi connectivity index (χ3n) is 7.86. The second-order valence-corrected chi connectivity index (χ2v) is 10.8. The van der Waals surface area contributed by atoms with Crippen molar-refractivity contribution in [2.75, 3.05) is 44.8 Å². The zero-order chi connectivity index (χ0) is 25.9. The Morgan fingerprint density at radius 2 is 1.84 bits per heavy atom. The number of nitrogens with one attached hydrogen (secondary N) is 2. The molecule has 0 radical (unpaired) electrons. The van der Waals surface area contributed by atoms with Crippen LogP contribution in [0.2, 0.25) is 0 Å². The SMILES string of the molecule is CC1(C(=O)N2CCOCC2)COC(c2nc(-c3ccc(F)cc3)c(-c3ccnc(NC4C5CC54)n3)[nH]2)OC1. The van der Waals surface area contributed by atoms with Gasteiger partial charge in [-0.2, -0.15) is 0 Å². The molecule has 2 aromatic heterocycles. The minimum absolute atomic E-state index is 0.000648. The van der Waals surface area contributed by atoms with Gasteiger partial charge < -0.3 is 29.4 Å². The number of benzene rings is 1. The second-order valence-electron chi connectivity index (χ2n) is 10.8. The largest absolute Gasteiger partial charge is 0.378 e. The van der Waals surface area contributed by atoms with Crippen LogP contribution in [0.15, 0.2) is 36.5 Å². The van der Waals surface area contributed by atoms with Crippen LogP contribution in [0.4, 0.5) is 10.3 Å². The van der Waals surface area contributed by atoms with Crippen molar-refractivity contribution in [2.45, 2.75) is 25.7 Å². The lowest BCUT2D eigenvalue weighted by molar-refractivity contribution is -0.235. The van der Waals surface area contributed by atoms with Crippen molar-refractivity contribution in [3.63, 3.8) is 0 Å². The molecule has 1 amide bonds. The molecule has 0 spiro atoms. The summed E-state index contributed by atoms with van der Waals surface area (Å²) in [5.41, 5.74) is 1.84. The van der Waals surface area contributed by atoms with Crippen LogP contribution in [0.5, 0.6) is 0 Å². The highest BCUT2D eigenvalue weighted by atomic mass is 19.1. The van der Waals surface area contributed by atoms with Gasteiger partial charge in [-0.05, 0) is 55.5 Å². The summed E-state index contributed by atoms with van der Waals surface area (Å²) in [6.07, 6.45) is 2.21. The van der Waals surface area contributed by atoms with Gasteiger partial charge in [-0.1, -0.05) is 0 Å². The summed E-state index contributed by atoms with van der Waals surface area (Å²) in [6, 6.07) is 8.43. The normalized spacial score (nSPS) is 30.0. The van der Waals surface area contributed by atoms with Gasteiger partial charge in [-0.15, -0.1) is 0 Å². The minimum Gasteiger partial charge on any atom is -0.378 e. The number of aromatic amines is 1. The number of rotatable bonds is 6. The molecule has 1 aromatic carbocycles. The van der Waals surface area contributed by atoms with Gasteiger partial charge in [0.25, 0.3) is 0 Å². The van der Waals surface area contributed by atoms with E-state index in [1.807, 2.05) is 13.0 Å². The number of ether oxygens (including phenoxy) is 3. The van der Waals surface area contributed by atoms with Crippen molar-refractivity contribution in [3.8, 4) is 22.6 Å². The molecular weight excluding hydrogens is 491 g/mol. The van der Waals surface area contributed by atoms with Crippen molar-refractivity contribution >= 4 is 11.9 Å². The lowest BCUT2D eigenvalue weighted by Gasteiger charge is -2.39. The van der Waals surface area contributed by atoms with Crippen molar-refractivity contribution in [3.05, 3.63) is 48.2 Å². The first kappa shape index (κ1) is 23.7. The van der Waals surface area contributed by atoms with Crippen LogP contribution in [0.3, 0.4) is 0 Å². The number of halogens is 1. The lowest BCUT2D eigenvalue weighted by Crippen LogP contribution is -2.53. The van der Waals surface area contributed by atoms with Crippen LogP contribution in [-0.2, 0) is 19.0 Å². The monoisotopic (exact) mass is 520 g/mol. The Balaban J connectivity index is 1.14. The zero-order valence-electron chi connectivity index (χ0n) is 21.0. The number of amides is 1. The van der Waals surface area contributed by atoms with Crippen LogP contribution in [0, 0.1) is 23.1 Å². The number of fused-ring (bicyclic) bond motifs is 1. The molecule has 7 rings (SSSR count). The lowest BCUT2D eigenvalue weighted by atomic mass is 9.90. The fraction of sp³-hybridized carbons (Fsp3) is 0.481. The van der Waals surface area contributed by atoms with Crippen molar-refractivity contribution in [1.82, 2.24) is 24.8 Å². The first-order valence-corrected chi connectivity index (χ1v) is 13.0. The van der Waals surface area contributed by atoms with E-state index in [1.54, 1.807) is 23.2 Å². The third kappa shape index (κ3) is 4.34. The van der Waals surface area contributed by atoms with Gasteiger partial charge in [0.1, 0.15) is 5.82 Å². The fourth-order valence-corrected chi connectivity index (χ4v) is 5.25. The average molecular weight is 521 g/mol. The van der Waals surface area contributed by atoms with Crippen LogP contribution in [0.1, 0.15) is 25.5 Å². The highest BCUT2D eigenvalue weighted by molar-refractivity contribution is 5.83. The number of hydrogen-bond acceptors (Lipinski definition) is 8. The third-order valence-corrected chi connectivity index (χ3v) is 7.86. The first-order chi connectivity index (χ1) is 18.5. The molecule has 4 aliphatic rings. The summed E-state index contributed by atoms with van der Waals surface area (Å²) in [7, 11) is 0. The van der Waals surface area contributed by atoms with E-state index in [0.29, 0.717) is 61.2 Å². The number of hydrogen-bond donors (Lipinski definition) is 2. The quantitative estimate of drug-likeness (QED) is 0.510. The smallest absolute Gasteiger partial charge is 0.233 e. The fourth-order valence-electron chi connectivity index (χ4n) is 5.25. The molecule has 4 heterocycles. The van der Waals surface area contributed by atoms with E-state index in [0.717, 1.165) is 17.4 Å². The Labute approximate surface area is 218 Å². The van der Waals surface area contributed by atoms with Crippen molar-refractivity contribution in [1.29, 1.82) is 0 Å². The molecule has 2 atom stereocenters. The highest BCUT2D eigenvalue weighted by Crippen LogP contribution is 2.63. The van der Waals surface area contributed by atoms with Gasteiger partial charge in [-0.3, -0.25) is 4.79 Å². The molecule has 2 saturated heterocycles. The van der Waals surface area contributed by atoms with Gasteiger partial charge in [0.2, 0.25) is 18.1 Å². The molecule has 3 aromatic rings. The Morgan fingerprint density at radius 3 is 2.53 bits per heavy atom. The van der Waals surface area contributed by atoms with Crippen LogP contribution in [0.25, 0.3) is 22.6 Å². The van der Waals surface area contributed by atoms with E-state index in [1.165, 1.54) is 18.6 Å². The van der Waals surface area contributed by atoms with E-state index < -0.39 is 11.7 Å². The Bertz CT molecular complexity index is 1340. The number of morpholine rings is 1. The van der Waals surface area contributed by atoms with E-state index in [9.17, 15) is 9.18 Å². The van der Waals surface area contributed by atoms with E-state index >= 15 is 0 Å². The number of anilines is 1. The van der Waals surface area contributed by atoms with Gasteiger partial charge in [-0.25, -0.2) is 19.3 Å². The van der Waals surface area contributed by atoms with E-state index in [4.69, 9.17) is 24.2 Å². The molecule has 0 bridgehead atoms. The first-order valence-electron chi connectivity index (χ1n) is 13.0. The summed E-state index contributed by atoms with van der Waals surface area (Å²) in [6.45, 7) is 4.46. The van der Waals surface area contributed by atoms with Crippen LogP contribution in [-0.4, -0.2) is 76.3 Å². The topological polar surface area (TPSA) is 114 Å². The molecule has 38 heavy (non-hydrogen) atoms. The Hall–Kier alpha value is -3.41. The number of aromatic nitrogens is 4. The average Bonchev–Trinajstić information content (AvgIpc) is 3.84. The number of imidazole rings is 1. The number of carbonyl (C=O) groups is 1. The molecule has 10 nitrogen and oxygen atoms in total. The van der Waals surface area contributed by atoms with Gasteiger partial charge in [0.15, 0.2) is 5.82 Å². The van der Waals surface area contributed by atoms with E-state index in [2.05, 4.69) is 15.3 Å². The van der Waals surface area contributed by atoms with Crippen molar-refractivity contribution in [2.24, 2.45) is 17.3 Å². The summed E-state index contributed by atoms with van der Waals surface area (Å²) < 4.78 is 31.2. The van der Waals surface area contributed by atoms with Crippen LogP contribution < -0.4 is 5.32 Å². The van der Waals surface area contributed by atoms with Gasteiger partial charge >= 0.3 is 0 Å². The molecule has 2 aliphatic carbocycles. The predicted octanol–water partition coefficient (Wildman–Crippen LogP) is 3.01. The highest BCUT2D eigenvalue weighted by Gasteiger charge is 2.64. The molecule has 2 unspecified atom stereocenters. The zero-order valence-corrected chi connectivity index (χ0v) is 21.0. The molecule has 2 saturated carbocycles. The van der Waals surface area contributed by atoms with Gasteiger partial charge in [0, 0.05) is 30.9 Å². The maximum atomic E-state index is 13.7. The molecular formula is C27H29FN6O4. The minimum atomic E-state index is -0.792. The standard InChI is InChI=1S/C27H29FN6O4/c1-27(25(35)34-8-10-36-11-9-34)13-37-24(38-14-27)23-31-20(15-2-4-16(28)5-3-15)22(32-23)19-6-7-29-26(30-19)33-21-17-12-18(17)21/h2-7,17-18,21,24H,8-14H2,1H3,(H,31,32)(H,29,30,33). The van der Waals surface area contributed by atoms with Gasteiger partial charge in [0.05, 0.1) is 48.9 Å². The predicted molar refractivity (Wildman–Crippen MR) is 134 cm³/mol. The Morgan fingerprint density at radius 1 is 1.11 bits per heavy atom. The van der Waals surface area contributed by atoms with E-state index in [-0.39, 0.29) is 24.9 Å². The summed E-state index contributed by atoms with van der Waals surface area (Å²) in [4.78, 5) is 32.2. The maximum Gasteiger partial charge on any atom is 0.233 e.